The molecule has 0 aliphatic heterocycles. The highest BCUT2D eigenvalue weighted by atomic mass is 16.8. The summed E-state index contributed by atoms with van der Waals surface area (Å²) in [6, 6.07) is 1.02. The Morgan fingerprint density at radius 2 is 1.19 bits per heavy atom. The largest absolute Gasteiger partial charge is 0.359 e. The van der Waals surface area contributed by atoms with E-state index in [1.807, 2.05) is 5.32 Å². The summed E-state index contributed by atoms with van der Waals surface area (Å²) in [6.45, 7) is 0. The van der Waals surface area contributed by atoms with E-state index in [1.165, 1.54) is 0 Å². The van der Waals surface area contributed by atoms with Gasteiger partial charge in [0.2, 0.25) is 0 Å². The molecule has 0 amide bonds. The van der Waals surface area contributed by atoms with Crippen molar-refractivity contribution in [1.82, 2.24) is 5.16 Å². The average molecular weight is 452 g/mol. The molecule has 0 bridgehead atoms. The lowest BCUT2D eigenvalue weighted by Crippen LogP contribution is -2.24. The highest BCUT2D eigenvalue weighted by molar-refractivity contribution is 6.00. The number of nitro benzene ring substituents is 5. The van der Waals surface area contributed by atoms with Gasteiger partial charge in [-0.15, -0.1) is 0 Å². The number of nitro groups is 5. The molecule has 1 aromatic heterocycles. The van der Waals surface area contributed by atoms with E-state index in [4.69, 9.17) is 0 Å². The third-order valence-electron chi connectivity index (χ3n) is 3.95. The molecule has 0 saturated heterocycles. The van der Waals surface area contributed by atoms with Crippen LogP contribution < -0.4 is 10.2 Å². The van der Waals surface area contributed by atoms with Gasteiger partial charge in [0.15, 0.2) is 11.4 Å². The van der Waals surface area contributed by atoms with Crippen LogP contribution in [0.3, 0.4) is 0 Å². The molecule has 0 saturated carbocycles. The first-order valence-electron chi connectivity index (χ1n) is 7.67. The summed E-state index contributed by atoms with van der Waals surface area (Å²) in [5.74, 6) is 0. The smallest absolute Gasteiger partial charge is 0.334 e. The van der Waals surface area contributed by atoms with Crippen LogP contribution in [0.2, 0.25) is 0 Å². The lowest BCUT2D eigenvalue weighted by Gasteiger charge is -2.08. The van der Waals surface area contributed by atoms with Crippen molar-refractivity contribution in [1.29, 1.82) is 0 Å². The highest BCUT2D eigenvalue weighted by Crippen LogP contribution is 2.44. The van der Waals surface area contributed by atoms with E-state index in [9.17, 15) is 55.8 Å². The molecule has 0 fully saturated rings. The first kappa shape index (κ1) is 21.2. The number of nitrogens with zero attached hydrogens (tertiary/aromatic N) is 7. The fraction of sp³-hybridized carbons (Fsp3) is 0. The fourth-order valence-electron chi connectivity index (χ4n) is 2.67. The minimum Gasteiger partial charge on any atom is -0.359 e. The summed E-state index contributed by atoms with van der Waals surface area (Å²) in [7, 11) is 0. The van der Waals surface area contributed by atoms with Crippen LogP contribution in [0, 0.1) is 55.8 Å². The van der Waals surface area contributed by atoms with Crippen molar-refractivity contribution in [2.24, 2.45) is 0 Å². The number of aromatic nitrogens is 2. The van der Waals surface area contributed by atoms with Gasteiger partial charge in [0.25, 0.3) is 11.2 Å². The van der Waals surface area contributed by atoms with E-state index in [2.05, 4.69) is 9.79 Å². The van der Waals surface area contributed by atoms with E-state index in [1.54, 1.807) is 0 Å². The van der Waals surface area contributed by atoms with Gasteiger partial charge < -0.3 is 10.5 Å². The summed E-state index contributed by atoms with van der Waals surface area (Å²) in [5.41, 5.74) is -9.63. The molecular formula is C12H4N8O12. The van der Waals surface area contributed by atoms with E-state index in [0.29, 0.717) is 18.2 Å². The first-order chi connectivity index (χ1) is 14.9. The number of rotatable bonds is 7. The van der Waals surface area contributed by atoms with Gasteiger partial charge in [-0.2, -0.15) is 0 Å². The molecule has 0 spiro atoms. The zero-order chi connectivity index (χ0) is 23.9. The Morgan fingerprint density at radius 3 is 1.62 bits per heavy atom. The number of non-ortho nitro benzene ring substituents is 2. The van der Waals surface area contributed by atoms with Crippen LogP contribution in [-0.2, 0) is 0 Å². The van der Waals surface area contributed by atoms with E-state index in [0.717, 1.165) is 0 Å². The molecule has 0 radical (unpaired) electrons. The Hall–Kier alpha value is -5.56. The Balaban J connectivity index is 2.43. The van der Waals surface area contributed by atoms with Gasteiger partial charge in [0.05, 0.1) is 41.9 Å². The minimum absolute atomic E-state index is 0.336. The van der Waals surface area contributed by atoms with Crippen molar-refractivity contribution < 1.29 is 34.1 Å². The maximum absolute atomic E-state index is 12.0. The number of anilines is 2. The molecule has 32 heavy (non-hydrogen) atoms. The Morgan fingerprint density at radius 1 is 0.719 bits per heavy atom. The Bertz CT molecular complexity index is 1330. The molecule has 20 nitrogen and oxygen atoms in total. The molecule has 0 aliphatic rings. The lowest BCUT2D eigenvalue weighted by molar-refractivity contribution is -0.782. The van der Waals surface area contributed by atoms with E-state index in [-0.39, 0.29) is 0 Å². The Labute approximate surface area is 170 Å². The second kappa shape index (κ2) is 7.36. The van der Waals surface area contributed by atoms with Crippen LogP contribution in [0.1, 0.15) is 0 Å². The van der Waals surface area contributed by atoms with Crippen molar-refractivity contribution in [3.05, 3.63) is 74.0 Å². The maximum Gasteiger partial charge on any atom is 0.334 e. The number of benzene rings is 2. The van der Waals surface area contributed by atoms with Crippen molar-refractivity contribution >= 4 is 50.8 Å². The van der Waals surface area contributed by atoms with Crippen molar-refractivity contribution in [2.45, 2.75) is 0 Å². The average Bonchev–Trinajstić information content (AvgIpc) is 3.08. The van der Waals surface area contributed by atoms with Gasteiger partial charge in [0, 0.05) is 0 Å². The third-order valence-corrected chi connectivity index (χ3v) is 3.95. The van der Waals surface area contributed by atoms with Crippen LogP contribution in [0.25, 0.3) is 11.0 Å². The molecule has 1 heterocycles. The predicted molar refractivity (Wildman–Crippen MR) is 96.0 cm³/mol. The summed E-state index contributed by atoms with van der Waals surface area (Å²) in [4.78, 5) is 49.9. The third kappa shape index (κ3) is 3.34. The predicted octanol–water partition coefficient (Wildman–Crippen LogP) is 1.75. The van der Waals surface area contributed by atoms with Crippen molar-refractivity contribution in [2.75, 3.05) is 5.32 Å². The van der Waals surface area contributed by atoms with Gasteiger partial charge in [-0.1, -0.05) is 0 Å². The van der Waals surface area contributed by atoms with Crippen molar-refractivity contribution in [3.8, 4) is 0 Å². The zero-order valence-electron chi connectivity index (χ0n) is 14.8. The van der Waals surface area contributed by atoms with E-state index >= 15 is 0 Å². The standard InChI is InChI=1S/C12H4N8O12/c21-15(22)4-1-5(16(23)24)9(6(2-4)17(25)26)13-10-7(18(27)28)3-8(19(29)30)11-12(10)20(31)32-14-11/h1-3,13H. The van der Waals surface area contributed by atoms with Crippen LogP contribution in [0.15, 0.2) is 22.8 Å². The highest BCUT2D eigenvalue weighted by Gasteiger charge is 2.38. The van der Waals surface area contributed by atoms with Gasteiger partial charge in [-0.05, 0) is 4.90 Å². The van der Waals surface area contributed by atoms with Crippen LogP contribution in [-0.4, -0.2) is 29.8 Å². The molecule has 3 aromatic rings. The summed E-state index contributed by atoms with van der Waals surface area (Å²) in [6.07, 6.45) is 0. The number of hydrogen-bond donors (Lipinski definition) is 1. The SMILES string of the molecule is O=[N+]([O-])c1cc([N+](=O)[O-])c(Nc2c([N+](=O)[O-])cc([N+](=O)[O-])c3no[n+]([O-])c23)c([N+](=O)[O-])c1. The molecular weight excluding hydrogens is 448 g/mol. The monoisotopic (exact) mass is 452 g/mol. The molecule has 20 heteroatoms. The molecule has 1 N–H and O–H groups in total. The second-order valence-corrected chi connectivity index (χ2v) is 5.69. The van der Waals surface area contributed by atoms with Gasteiger partial charge in [0.1, 0.15) is 6.07 Å². The fourth-order valence-corrected chi connectivity index (χ4v) is 2.67. The number of fused-ring (bicyclic) bond motifs is 1. The zero-order valence-corrected chi connectivity index (χ0v) is 14.8. The van der Waals surface area contributed by atoms with Gasteiger partial charge in [-0.25, -0.2) is 0 Å². The van der Waals surface area contributed by atoms with Crippen LogP contribution in [0.4, 0.5) is 39.8 Å². The van der Waals surface area contributed by atoms with Gasteiger partial charge >= 0.3 is 28.3 Å². The first-order valence-corrected chi connectivity index (χ1v) is 7.67. The Kier molecular flexibility index (Phi) is 4.87. The molecule has 2 aromatic carbocycles. The quantitative estimate of drug-likeness (QED) is 0.303. The summed E-state index contributed by atoms with van der Waals surface area (Å²) >= 11 is 0. The number of hydrogen-bond acceptors (Lipinski definition) is 14. The summed E-state index contributed by atoms with van der Waals surface area (Å²) < 4.78 is 4.21. The lowest BCUT2D eigenvalue weighted by atomic mass is 10.1. The molecule has 0 atom stereocenters. The van der Waals surface area contributed by atoms with Gasteiger partial charge in [-0.3, -0.25) is 55.2 Å². The topological polar surface area (TPSA) is 281 Å². The number of nitrogens with one attached hydrogen (secondary N) is 1. The molecule has 164 valence electrons. The van der Waals surface area contributed by atoms with Crippen molar-refractivity contribution in [3.63, 3.8) is 0 Å². The van der Waals surface area contributed by atoms with Crippen LogP contribution >= 0.6 is 0 Å². The normalized spacial score (nSPS) is 10.6. The molecule has 3 rings (SSSR count). The minimum atomic E-state index is -1.25. The van der Waals surface area contributed by atoms with Crippen LogP contribution in [0.5, 0.6) is 0 Å². The second-order valence-electron chi connectivity index (χ2n) is 5.69. The molecule has 0 unspecified atom stereocenters. The maximum atomic E-state index is 12.0. The summed E-state index contributed by atoms with van der Waals surface area (Å²) in [5, 5.41) is 73.5. The van der Waals surface area contributed by atoms with E-state index < -0.39 is 80.4 Å². The molecule has 0 aliphatic carbocycles.